The second-order valence-corrected chi connectivity index (χ2v) is 6.46. The highest BCUT2D eigenvalue weighted by molar-refractivity contribution is 14.1. The van der Waals surface area contributed by atoms with E-state index in [-0.39, 0.29) is 18.4 Å². The molecule has 0 aliphatic rings. The Labute approximate surface area is 153 Å². The average molecular weight is 443 g/mol. The van der Waals surface area contributed by atoms with Crippen LogP contribution < -0.4 is 10.6 Å². The zero-order chi connectivity index (χ0) is 16.8. The lowest BCUT2D eigenvalue weighted by molar-refractivity contribution is -0.115. The van der Waals surface area contributed by atoms with Crippen molar-refractivity contribution in [2.45, 2.75) is 13.3 Å². The minimum Gasteiger partial charge on any atom is -0.343 e. The fourth-order valence-electron chi connectivity index (χ4n) is 2.07. The SMILES string of the molecule is CCc1ccccc1NC(=O)CNC(=O)c1ccc(Cl)cc1I. The van der Waals surface area contributed by atoms with Gasteiger partial charge in [0.1, 0.15) is 0 Å². The van der Waals surface area contributed by atoms with Crippen molar-refractivity contribution in [2.24, 2.45) is 0 Å². The Morgan fingerprint density at radius 2 is 1.91 bits per heavy atom. The van der Waals surface area contributed by atoms with Gasteiger partial charge in [-0.05, 0) is 58.8 Å². The van der Waals surface area contributed by atoms with E-state index in [9.17, 15) is 9.59 Å². The molecule has 4 nitrogen and oxygen atoms in total. The fourth-order valence-corrected chi connectivity index (χ4v) is 3.19. The number of carbonyl (C=O) groups is 2. The Morgan fingerprint density at radius 3 is 2.61 bits per heavy atom. The van der Waals surface area contributed by atoms with Gasteiger partial charge in [0.25, 0.3) is 5.91 Å². The van der Waals surface area contributed by atoms with E-state index in [4.69, 9.17) is 11.6 Å². The molecule has 2 amide bonds. The van der Waals surface area contributed by atoms with Gasteiger partial charge >= 0.3 is 0 Å². The summed E-state index contributed by atoms with van der Waals surface area (Å²) in [6.45, 7) is 1.94. The van der Waals surface area contributed by atoms with E-state index in [0.29, 0.717) is 10.6 Å². The highest BCUT2D eigenvalue weighted by Gasteiger charge is 2.12. The molecule has 0 bridgehead atoms. The van der Waals surface area contributed by atoms with E-state index in [2.05, 4.69) is 10.6 Å². The molecule has 2 aromatic carbocycles. The van der Waals surface area contributed by atoms with Gasteiger partial charge in [-0.25, -0.2) is 0 Å². The summed E-state index contributed by atoms with van der Waals surface area (Å²) in [4.78, 5) is 24.1. The van der Waals surface area contributed by atoms with Crippen LogP contribution in [0.25, 0.3) is 0 Å². The molecule has 0 saturated carbocycles. The van der Waals surface area contributed by atoms with Crippen molar-refractivity contribution < 1.29 is 9.59 Å². The largest absolute Gasteiger partial charge is 0.343 e. The molecule has 120 valence electrons. The van der Waals surface area contributed by atoms with E-state index >= 15 is 0 Å². The van der Waals surface area contributed by atoms with Crippen molar-refractivity contribution in [3.63, 3.8) is 0 Å². The summed E-state index contributed by atoms with van der Waals surface area (Å²) in [6, 6.07) is 12.6. The van der Waals surface area contributed by atoms with Crippen molar-refractivity contribution in [3.8, 4) is 0 Å². The van der Waals surface area contributed by atoms with Gasteiger partial charge in [-0.3, -0.25) is 9.59 Å². The third kappa shape index (κ3) is 4.94. The molecular formula is C17H16ClIN2O2. The van der Waals surface area contributed by atoms with Gasteiger partial charge in [0.05, 0.1) is 12.1 Å². The highest BCUT2D eigenvalue weighted by atomic mass is 127. The molecular weight excluding hydrogens is 427 g/mol. The monoisotopic (exact) mass is 442 g/mol. The first-order valence-electron chi connectivity index (χ1n) is 7.12. The summed E-state index contributed by atoms with van der Waals surface area (Å²) in [5.74, 6) is -0.562. The van der Waals surface area contributed by atoms with E-state index in [1.165, 1.54) is 0 Å². The molecule has 6 heteroatoms. The minimum absolute atomic E-state index is 0.0877. The van der Waals surface area contributed by atoms with Gasteiger partial charge in [-0.1, -0.05) is 36.7 Å². The molecule has 0 fully saturated rings. The quantitative estimate of drug-likeness (QED) is 0.691. The van der Waals surface area contributed by atoms with Crippen molar-refractivity contribution in [1.29, 1.82) is 0 Å². The maximum absolute atomic E-state index is 12.1. The maximum atomic E-state index is 12.1. The first-order chi connectivity index (χ1) is 11.0. The molecule has 0 atom stereocenters. The zero-order valence-electron chi connectivity index (χ0n) is 12.5. The summed E-state index contributed by atoms with van der Waals surface area (Å²) in [7, 11) is 0. The number of carbonyl (C=O) groups excluding carboxylic acids is 2. The molecule has 0 aliphatic carbocycles. The second-order valence-electron chi connectivity index (χ2n) is 4.87. The van der Waals surface area contributed by atoms with Crippen molar-refractivity contribution in [1.82, 2.24) is 5.32 Å². The lowest BCUT2D eigenvalue weighted by atomic mass is 10.1. The topological polar surface area (TPSA) is 58.2 Å². The van der Waals surface area contributed by atoms with Gasteiger partial charge in [-0.15, -0.1) is 0 Å². The van der Waals surface area contributed by atoms with Crippen LogP contribution in [0.1, 0.15) is 22.8 Å². The summed E-state index contributed by atoms with van der Waals surface area (Å²) >= 11 is 7.91. The van der Waals surface area contributed by atoms with E-state index in [1.807, 2.05) is 53.8 Å². The predicted molar refractivity (Wildman–Crippen MR) is 101 cm³/mol. The number of amides is 2. The Bertz CT molecular complexity index is 734. The van der Waals surface area contributed by atoms with Gasteiger partial charge in [0.15, 0.2) is 0 Å². The van der Waals surface area contributed by atoms with Crippen LogP contribution in [0.3, 0.4) is 0 Å². The first kappa shape index (κ1) is 17.7. The van der Waals surface area contributed by atoms with Crippen molar-refractivity contribution in [3.05, 3.63) is 62.2 Å². The van der Waals surface area contributed by atoms with Crippen LogP contribution in [0.2, 0.25) is 5.02 Å². The van der Waals surface area contributed by atoms with Gasteiger partial charge in [0.2, 0.25) is 5.91 Å². The highest BCUT2D eigenvalue weighted by Crippen LogP contribution is 2.18. The standard InChI is InChI=1S/C17H16ClIN2O2/c1-2-11-5-3-4-6-15(11)21-16(22)10-20-17(23)13-8-7-12(18)9-14(13)19/h3-9H,2,10H2,1H3,(H,20,23)(H,21,22). The van der Waals surface area contributed by atoms with Crippen LogP contribution in [-0.4, -0.2) is 18.4 Å². The number of para-hydroxylation sites is 1. The lowest BCUT2D eigenvalue weighted by Crippen LogP contribution is -2.33. The summed E-state index contributed by atoms with van der Waals surface area (Å²) in [5, 5.41) is 6.00. The van der Waals surface area contributed by atoms with Gasteiger partial charge in [-0.2, -0.15) is 0 Å². The molecule has 23 heavy (non-hydrogen) atoms. The van der Waals surface area contributed by atoms with E-state index in [1.54, 1.807) is 18.2 Å². The second kappa shape index (κ2) is 8.31. The van der Waals surface area contributed by atoms with Gasteiger partial charge < -0.3 is 10.6 Å². The first-order valence-corrected chi connectivity index (χ1v) is 8.58. The molecule has 0 aliphatic heterocycles. The number of nitrogens with one attached hydrogen (secondary N) is 2. The Morgan fingerprint density at radius 1 is 1.17 bits per heavy atom. The number of aryl methyl sites for hydroxylation is 1. The van der Waals surface area contributed by atoms with Crippen LogP contribution in [-0.2, 0) is 11.2 Å². The van der Waals surface area contributed by atoms with Crippen molar-refractivity contribution in [2.75, 3.05) is 11.9 Å². The number of anilines is 1. The third-order valence-electron chi connectivity index (χ3n) is 3.26. The fraction of sp³-hybridized carbons (Fsp3) is 0.176. The summed E-state index contributed by atoms with van der Waals surface area (Å²) < 4.78 is 0.740. The average Bonchev–Trinajstić information content (AvgIpc) is 2.53. The molecule has 0 unspecified atom stereocenters. The smallest absolute Gasteiger partial charge is 0.252 e. The van der Waals surface area contributed by atoms with Crippen LogP contribution in [0.5, 0.6) is 0 Å². The predicted octanol–water partition coefficient (Wildman–Crippen LogP) is 3.88. The van der Waals surface area contributed by atoms with E-state index < -0.39 is 0 Å². The Hall–Kier alpha value is -1.60. The lowest BCUT2D eigenvalue weighted by Gasteiger charge is -2.11. The Balaban J connectivity index is 1.95. The van der Waals surface area contributed by atoms with Crippen LogP contribution >= 0.6 is 34.2 Å². The number of rotatable bonds is 5. The molecule has 2 N–H and O–H groups in total. The summed E-state index contributed by atoms with van der Waals surface area (Å²) in [6.07, 6.45) is 0.825. The molecule has 2 aromatic rings. The minimum atomic E-state index is -0.301. The van der Waals surface area contributed by atoms with Crippen molar-refractivity contribution >= 4 is 51.7 Å². The number of hydrogen-bond donors (Lipinski definition) is 2. The normalized spacial score (nSPS) is 10.2. The van der Waals surface area contributed by atoms with Crippen LogP contribution in [0, 0.1) is 3.57 Å². The van der Waals surface area contributed by atoms with E-state index in [0.717, 1.165) is 21.2 Å². The van der Waals surface area contributed by atoms with Gasteiger partial charge in [0, 0.05) is 14.3 Å². The molecule has 0 saturated heterocycles. The summed E-state index contributed by atoms with van der Waals surface area (Å²) in [5.41, 5.74) is 2.33. The number of hydrogen-bond acceptors (Lipinski definition) is 2. The Kier molecular flexibility index (Phi) is 6.41. The van der Waals surface area contributed by atoms with Crippen LogP contribution in [0.4, 0.5) is 5.69 Å². The van der Waals surface area contributed by atoms with Crippen LogP contribution in [0.15, 0.2) is 42.5 Å². The zero-order valence-corrected chi connectivity index (χ0v) is 15.4. The third-order valence-corrected chi connectivity index (χ3v) is 4.39. The molecule has 0 heterocycles. The molecule has 0 radical (unpaired) electrons. The maximum Gasteiger partial charge on any atom is 0.252 e. The molecule has 0 spiro atoms. The number of benzene rings is 2. The molecule has 0 aromatic heterocycles. The molecule has 2 rings (SSSR count). The number of halogens is 2.